The molecule has 0 radical (unpaired) electrons. The highest BCUT2D eigenvalue weighted by Gasteiger charge is 2.14. The van der Waals surface area contributed by atoms with Crippen LogP contribution in [0.25, 0.3) is 0 Å². The zero-order valence-corrected chi connectivity index (χ0v) is 12.4. The van der Waals surface area contributed by atoms with Crippen molar-refractivity contribution >= 4 is 11.6 Å². The fraction of sp³-hybridized carbons (Fsp3) is 0.312. The second-order valence-electron chi connectivity index (χ2n) is 5.12. The van der Waals surface area contributed by atoms with Gasteiger partial charge >= 0.3 is 0 Å². The first kappa shape index (κ1) is 14.2. The van der Waals surface area contributed by atoms with E-state index in [1.807, 2.05) is 62.3 Å². The van der Waals surface area contributed by atoms with Gasteiger partial charge in [0.2, 0.25) is 0 Å². The lowest BCUT2D eigenvalue weighted by atomic mass is 10.1. The summed E-state index contributed by atoms with van der Waals surface area (Å²) in [4.78, 5) is 16.0. The van der Waals surface area contributed by atoms with Crippen molar-refractivity contribution in [1.29, 1.82) is 0 Å². The Balaban J connectivity index is 2.12. The van der Waals surface area contributed by atoms with Crippen molar-refractivity contribution in [2.75, 3.05) is 26.0 Å². The molecule has 1 amide bonds. The van der Waals surface area contributed by atoms with E-state index >= 15 is 0 Å². The molecule has 0 fully saturated rings. The summed E-state index contributed by atoms with van der Waals surface area (Å²) in [5, 5.41) is 0. The predicted molar refractivity (Wildman–Crippen MR) is 80.0 cm³/mol. The summed E-state index contributed by atoms with van der Waals surface area (Å²) in [6.07, 6.45) is 0. The van der Waals surface area contributed by atoms with E-state index < -0.39 is 0 Å². The van der Waals surface area contributed by atoms with Crippen molar-refractivity contribution in [3.05, 3.63) is 53.5 Å². The molecule has 1 heterocycles. The summed E-state index contributed by atoms with van der Waals surface area (Å²) in [5.41, 5.74) is 1.69. The summed E-state index contributed by atoms with van der Waals surface area (Å²) >= 11 is 0. The van der Waals surface area contributed by atoms with Crippen LogP contribution < -0.4 is 4.90 Å². The molecule has 0 N–H and O–H groups in total. The van der Waals surface area contributed by atoms with Gasteiger partial charge in [0, 0.05) is 32.4 Å². The lowest BCUT2D eigenvalue weighted by Crippen LogP contribution is -2.26. The minimum atomic E-state index is -0.0113. The highest BCUT2D eigenvalue weighted by Crippen LogP contribution is 2.16. The lowest BCUT2D eigenvalue weighted by molar-refractivity contribution is 0.0775. The third kappa shape index (κ3) is 3.20. The van der Waals surface area contributed by atoms with Crippen molar-refractivity contribution in [3.63, 3.8) is 0 Å². The van der Waals surface area contributed by atoms with Crippen LogP contribution in [0.15, 0.2) is 40.8 Å². The monoisotopic (exact) mass is 272 g/mol. The smallest absolute Gasteiger partial charge is 0.254 e. The molecule has 106 valence electrons. The fourth-order valence-electron chi connectivity index (χ4n) is 2.01. The van der Waals surface area contributed by atoms with Gasteiger partial charge in [0.05, 0.1) is 6.54 Å². The molecule has 2 rings (SSSR count). The van der Waals surface area contributed by atoms with Crippen LogP contribution in [0.4, 0.5) is 5.69 Å². The van der Waals surface area contributed by atoms with E-state index in [1.165, 1.54) is 0 Å². The third-order valence-corrected chi connectivity index (χ3v) is 3.15. The number of benzene rings is 1. The van der Waals surface area contributed by atoms with Crippen LogP contribution in [0.1, 0.15) is 21.9 Å². The van der Waals surface area contributed by atoms with Gasteiger partial charge in [-0.05, 0) is 37.3 Å². The number of nitrogens with zero attached hydrogens (tertiary/aromatic N) is 2. The number of carbonyl (C=O) groups is 1. The Kier molecular flexibility index (Phi) is 4.13. The SMILES string of the molecule is Cc1ccc(CN(C)C(=O)c2cccc(N(C)C)c2)o1. The van der Waals surface area contributed by atoms with Crippen LogP contribution in [-0.2, 0) is 6.54 Å². The molecule has 0 atom stereocenters. The van der Waals surface area contributed by atoms with Crippen LogP contribution >= 0.6 is 0 Å². The molecule has 20 heavy (non-hydrogen) atoms. The number of aryl methyl sites for hydroxylation is 1. The van der Waals surface area contributed by atoms with E-state index in [0.29, 0.717) is 12.1 Å². The fourth-order valence-corrected chi connectivity index (χ4v) is 2.01. The Labute approximate surface area is 119 Å². The Morgan fingerprint density at radius 3 is 2.50 bits per heavy atom. The number of rotatable bonds is 4. The minimum absolute atomic E-state index is 0.0113. The first-order valence-electron chi connectivity index (χ1n) is 6.55. The summed E-state index contributed by atoms with van der Waals surface area (Å²) in [5.74, 6) is 1.64. The summed E-state index contributed by atoms with van der Waals surface area (Å²) in [6.45, 7) is 2.37. The second kappa shape index (κ2) is 5.82. The largest absolute Gasteiger partial charge is 0.464 e. The maximum atomic E-state index is 12.4. The van der Waals surface area contributed by atoms with Gasteiger partial charge in [-0.3, -0.25) is 4.79 Å². The molecule has 0 spiro atoms. The van der Waals surface area contributed by atoms with Gasteiger partial charge in [0.15, 0.2) is 0 Å². The van der Waals surface area contributed by atoms with Crippen molar-refractivity contribution in [3.8, 4) is 0 Å². The maximum absolute atomic E-state index is 12.4. The second-order valence-corrected chi connectivity index (χ2v) is 5.12. The Morgan fingerprint density at radius 1 is 1.15 bits per heavy atom. The van der Waals surface area contributed by atoms with Gasteiger partial charge in [0.25, 0.3) is 5.91 Å². The minimum Gasteiger partial charge on any atom is -0.464 e. The van der Waals surface area contributed by atoms with Gasteiger partial charge < -0.3 is 14.2 Å². The van der Waals surface area contributed by atoms with Gasteiger partial charge in [-0.2, -0.15) is 0 Å². The average Bonchev–Trinajstić information content (AvgIpc) is 2.83. The van der Waals surface area contributed by atoms with Crippen LogP contribution in [0.3, 0.4) is 0 Å². The van der Waals surface area contributed by atoms with E-state index in [2.05, 4.69) is 0 Å². The van der Waals surface area contributed by atoms with Gasteiger partial charge in [-0.25, -0.2) is 0 Å². The van der Waals surface area contributed by atoms with E-state index in [4.69, 9.17) is 4.42 Å². The van der Waals surface area contributed by atoms with Crippen LogP contribution in [0.2, 0.25) is 0 Å². The first-order valence-corrected chi connectivity index (χ1v) is 6.55. The number of hydrogen-bond donors (Lipinski definition) is 0. The van der Waals surface area contributed by atoms with Crippen LogP contribution in [0, 0.1) is 6.92 Å². The molecule has 0 aliphatic rings. The molecule has 2 aromatic rings. The molecule has 0 bridgehead atoms. The number of amides is 1. The number of hydrogen-bond acceptors (Lipinski definition) is 3. The molecular formula is C16H20N2O2. The normalized spacial score (nSPS) is 10.4. The van der Waals surface area contributed by atoms with Gasteiger partial charge in [0.1, 0.15) is 11.5 Å². The highest BCUT2D eigenvalue weighted by atomic mass is 16.3. The van der Waals surface area contributed by atoms with E-state index in [-0.39, 0.29) is 5.91 Å². The molecule has 1 aromatic heterocycles. The lowest BCUT2D eigenvalue weighted by Gasteiger charge is -2.18. The number of anilines is 1. The van der Waals surface area contributed by atoms with E-state index in [1.54, 1.807) is 11.9 Å². The Bertz CT molecular complexity index is 602. The first-order chi connectivity index (χ1) is 9.47. The molecule has 0 aliphatic heterocycles. The topological polar surface area (TPSA) is 36.7 Å². The zero-order valence-electron chi connectivity index (χ0n) is 12.4. The van der Waals surface area contributed by atoms with Crippen molar-refractivity contribution in [2.45, 2.75) is 13.5 Å². The molecular weight excluding hydrogens is 252 g/mol. The summed E-state index contributed by atoms with van der Waals surface area (Å²) in [6, 6.07) is 11.4. The zero-order chi connectivity index (χ0) is 14.7. The molecule has 0 saturated heterocycles. The Morgan fingerprint density at radius 2 is 1.90 bits per heavy atom. The van der Waals surface area contributed by atoms with Crippen LogP contribution in [0.5, 0.6) is 0 Å². The van der Waals surface area contributed by atoms with Crippen molar-refractivity contribution in [2.24, 2.45) is 0 Å². The average molecular weight is 272 g/mol. The van der Waals surface area contributed by atoms with Crippen molar-refractivity contribution in [1.82, 2.24) is 4.90 Å². The molecule has 4 nitrogen and oxygen atoms in total. The summed E-state index contributed by atoms with van der Waals surface area (Å²) < 4.78 is 5.50. The van der Waals surface area contributed by atoms with Crippen LogP contribution in [-0.4, -0.2) is 32.0 Å². The number of furan rings is 1. The molecule has 0 unspecified atom stereocenters. The maximum Gasteiger partial charge on any atom is 0.254 e. The van der Waals surface area contributed by atoms with Gasteiger partial charge in [-0.15, -0.1) is 0 Å². The van der Waals surface area contributed by atoms with E-state index in [0.717, 1.165) is 17.2 Å². The quantitative estimate of drug-likeness (QED) is 0.858. The molecule has 4 heteroatoms. The van der Waals surface area contributed by atoms with E-state index in [9.17, 15) is 4.79 Å². The Hall–Kier alpha value is -2.23. The number of carbonyl (C=O) groups excluding carboxylic acids is 1. The van der Waals surface area contributed by atoms with Crippen molar-refractivity contribution < 1.29 is 9.21 Å². The molecule has 0 aliphatic carbocycles. The predicted octanol–water partition coefficient (Wildman–Crippen LogP) is 2.93. The highest BCUT2D eigenvalue weighted by molar-refractivity contribution is 5.94. The standard InChI is InChI=1S/C16H20N2O2/c1-12-8-9-15(20-12)11-18(4)16(19)13-6-5-7-14(10-13)17(2)3/h5-10H,11H2,1-4H3. The molecule has 1 aromatic carbocycles. The molecule has 0 saturated carbocycles. The third-order valence-electron chi connectivity index (χ3n) is 3.15. The summed E-state index contributed by atoms with van der Waals surface area (Å²) in [7, 11) is 5.69. The van der Waals surface area contributed by atoms with Gasteiger partial charge in [-0.1, -0.05) is 6.07 Å².